The Hall–Kier alpha value is -1.35. The van der Waals surface area contributed by atoms with Gasteiger partial charge in [0, 0.05) is 12.4 Å². The first kappa shape index (κ1) is 8.74. The van der Waals surface area contributed by atoms with Gasteiger partial charge in [0.15, 0.2) is 0 Å². The van der Waals surface area contributed by atoms with Crippen LogP contribution in [0.5, 0.6) is 0 Å². The van der Waals surface area contributed by atoms with Gasteiger partial charge in [0.2, 0.25) is 0 Å². The lowest BCUT2D eigenvalue weighted by atomic mass is 10.2. The fourth-order valence-electron chi connectivity index (χ4n) is 0.684. The van der Waals surface area contributed by atoms with E-state index in [4.69, 9.17) is 11.6 Å². The molecular formula is C8H5ClNO2-. The summed E-state index contributed by atoms with van der Waals surface area (Å²) >= 11 is 5.60. The number of hydrogen-bond donors (Lipinski definition) is 0. The Morgan fingerprint density at radius 1 is 1.58 bits per heavy atom. The molecule has 0 bridgehead atoms. The maximum Gasteiger partial charge on any atom is 0.0643 e. The maximum atomic E-state index is 10.0. The summed E-state index contributed by atoms with van der Waals surface area (Å²) in [6.07, 6.45) is 5.27. The van der Waals surface area contributed by atoms with E-state index in [1.165, 1.54) is 18.5 Å². The van der Waals surface area contributed by atoms with Crippen LogP contribution in [0.4, 0.5) is 0 Å². The lowest BCUT2D eigenvalue weighted by Gasteiger charge is -1.93. The van der Waals surface area contributed by atoms with Crippen LogP contribution in [-0.2, 0) is 4.79 Å². The number of carboxylic acid groups (broad SMARTS) is 1. The summed E-state index contributed by atoms with van der Waals surface area (Å²) in [5.41, 5.74) is 0.631. The zero-order chi connectivity index (χ0) is 8.97. The fourth-order valence-corrected chi connectivity index (χ4v) is 0.866. The van der Waals surface area contributed by atoms with E-state index in [-0.39, 0.29) is 0 Å². The molecule has 0 saturated carbocycles. The molecule has 0 atom stereocenters. The van der Waals surface area contributed by atoms with Gasteiger partial charge in [-0.1, -0.05) is 17.7 Å². The highest BCUT2D eigenvalue weighted by Crippen LogP contribution is 2.09. The molecule has 0 aromatic carbocycles. The minimum Gasteiger partial charge on any atom is -0.545 e. The molecule has 1 rings (SSSR count). The van der Waals surface area contributed by atoms with Crippen LogP contribution < -0.4 is 5.11 Å². The Bertz CT molecular complexity index is 323. The lowest BCUT2D eigenvalue weighted by Crippen LogP contribution is -2.18. The van der Waals surface area contributed by atoms with Crippen LogP contribution in [0.1, 0.15) is 5.56 Å². The molecule has 1 heterocycles. The first-order valence-corrected chi connectivity index (χ1v) is 3.56. The van der Waals surface area contributed by atoms with Gasteiger partial charge in [-0.25, -0.2) is 0 Å². The van der Waals surface area contributed by atoms with Gasteiger partial charge in [0.1, 0.15) is 0 Å². The van der Waals surface area contributed by atoms with Gasteiger partial charge in [-0.15, -0.1) is 0 Å². The normalized spacial score (nSPS) is 10.4. The molecule has 0 aliphatic heterocycles. The molecule has 0 radical (unpaired) electrons. The summed E-state index contributed by atoms with van der Waals surface area (Å²) in [4.78, 5) is 13.8. The number of carboxylic acids is 1. The summed E-state index contributed by atoms with van der Waals surface area (Å²) in [7, 11) is 0. The number of carbonyl (C=O) groups excluding carboxylic acids is 1. The fraction of sp³-hybridized carbons (Fsp3) is 0. The van der Waals surface area contributed by atoms with Crippen molar-refractivity contribution >= 4 is 23.6 Å². The molecule has 1 aromatic heterocycles. The maximum absolute atomic E-state index is 10.0. The van der Waals surface area contributed by atoms with Crippen molar-refractivity contribution in [1.29, 1.82) is 0 Å². The van der Waals surface area contributed by atoms with Gasteiger partial charge < -0.3 is 9.90 Å². The Morgan fingerprint density at radius 3 is 2.92 bits per heavy atom. The Morgan fingerprint density at radius 2 is 2.33 bits per heavy atom. The highest BCUT2D eigenvalue weighted by atomic mass is 35.5. The van der Waals surface area contributed by atoms with Crippen molar-refractivity contribution < 1.29 is 9.90 Å². The number of nitrogens with zero attached hydrogens (tertiary/aromatic N) is 1. The lowest BCUT2D eigenvalue weighted by molar-refractivity contribution is -0.297. The number of rotatable bonds is 2. The zero-order valence-electron chi connectivity index (χ0n) is 6.03. The Kier molecular flexibility index (Phi) is 2.82. The van der Waals surface area contributed by atoms with Crippen LogP contribution in [0.3, 0.4) is 0 Å². The van der Waals surface area contributed by atoms with Gasteiger partial charge in [0.25, 0.3) is 0 Å². The van der Waals surface area contributed by atoms with Crippen molar-refractivity contribution in [2.75, 3.05) is 0 Å². The molecule has 62 valence electrons. The van der Waals surface area contributed by atoms with Crippen LogP contribution in [0.15, 0.2) is 24.5 Å². The average molecular weight is 183 g/mol. The molecule has 1 aromatic rings. The number of carbonyl (C=O) groups is 1. The highest BCUT2D eigenvalue weighted by Gasteiger charge is 1.88. The number of aliphatic carboxylic acids is 1. The summed E-state index contributed by atoms with van der Waals surface area (Å²) in [5, 5.41) is 10.5. The van der Waals surface area contributed by atoms with Crippen LogP contribution in [0, 0.1) is 0 Å². The molecule has 0 N–H and O–H groups in total. The van der Waals surface area contributed by atoms with E-state index in [1.807, 2.05) is 0 Å². The van der Waals surface area contributed by atoms with Crippen molar-refractivity contribution in [2.24, 2.45) is 0 Å². The molecule has 0 aliphatic rings. The highest BCUT2D eigenvalue weighted by molar-refractivity contribution is 6.30. The average Bonchev–Trinajstić information content (AvgIpc) is 2.01. The van der Waals surface area contributed by atoms with Crippen LogP contribution in [0.25, 0.3) is 6.08 Å². The van der Waals surface area contributed by atoms with E-state index >= 15 is 0 Å². The Balaban J connectivity index is 2.83. The van der Waals surface area contributed by atoms with Gasteiger partial charge >= 0.3 is 0 Å². The standard InChI is InChI=1S/C8H6ClNO2/c9-7-3-6(4-10-5-7)1-2-8(11)12/h1-5H,(H,11,12)/p-1/b2-1+. The summed E-state index contributed by atoms with van der Waals surface area (Å²) in [6, 6.07) is 1.61. The van der Waals surface area contributed by atoms with Crippen LogP contribution in [-0.4, -0.2) is 11.0 Å². The minimum atomic E-state index is -1.24. The second-order valence-electron chi connectivity index (χ2n) is 2.09. The number of aromatic nitrogens is 1. The van der Waals surface area contributed by atoms with Crippen molar-refractivity contribution in [3.63, 3.8) is 0 Å². The van der Waals surface area contributed by atoms with Gasteiger partial charge in [-0.3, -0.25) is 4.98 Å². The van der Waals surface area contributed by atoms with Crippen molar-refractivity contribution in [2.45, 2.75) is 0 Å². The molecule has 0 amide bonds. The van der Waals surface area contributed by atoms with E-state index < -0.39 is 5.97 Å². The summed E-state index contributed by atoms with van der Waals surface area (Å²) in [5.74, 6) is -1.24. The molecule has 0 unspecified atom stereocenters. The molecule has 3 nitrogen and oxygen atoms in total. The predicted octanol–water partition coefficient (Wildman–Crippen LogP) is 0.498. The molecule has 12 heavy (non-hydrogen) atoms. The zero-order valence-corrected chi connectivity index (χ0v) is 6.78. The van der Waals surface area contributed by atoms with Gasteiger partial charge in [-0.2, -0.15) is 0 Å². The number of halogens is 1. The molecule has 0 fully saturated rings. The van der Waals surface area contributed by atoms with Crippen LogP contribution >= 0.6 is 11.6 Å². The smallest absolute Gasteiger partial charge is 0.0643 e. The first-order chi connectivity index (χ1) is 5.68. The van der Waals surface area contributed by atoms with Crippen molar-refractivity contribution in [3.05, 3.63) is 35.1 Å². The van der Waals surface area contributed by atoms with Crippen molar-refractivity contribution in [1.82, 2.24) is 4.98 Å². The number of hydrogen-bond acceptors (Lipinski definition) is 3. The Labute approximate surface area is 74.3 Å². The quantitative estimate of drug-likeness (QED) is 0.626. The second-order valence-corrected chi connectivity index (χ2v) is 2.53. The SMILES string of the molecule is O=C([O-])/C=C/c1cncc(Cl)c1. The molecular weight excluding hydrogens is 178 g/mol. The predicted molar refractivity (Wildman–Crippen MR) is 43.3 cm³/mol. The molecule has 0 saturated heterocycles. The van der Waals surface area contributed by atoms with Gasteiger partial charge in [0.05, 0.1) is 11.0 Å². The topological polar surface area (TPSA) is 53.0 Å². The molecule has 0 aliphatic carbocycles. The van der Waals surface area contributed by atoms with Crippen LogP contribution in [0.2, 0.25) is 5.02 Å². The summed E-state index contributed by atoms with van der Waals surface area (Å²) in [6.45, 7) is 0. The summed E-state index contributed by atoms with van der Waals surface area (Å²) < 4.78 is 0. The largest absolute Gasteiger partial charge is 0.545 e. The second kappa shape index (κ2) is 3.88. The van der Waals surface area contributed by atoms with E-state index in [0.29, 0.717) is 10.6 Å². The van der Waals surface area contributed by atoms with Gasteiger partial charge in [-0.05, 0) is 17.7 Å². The first-order valence-electron chi connectivity index (χ1n) is 3.18. The molecule has 0 spiro atoms. The monoisotopic (exact) mass is 182 g/mol. The third-order valence-electron chi connectivity index (χ3n) is 1.14. The third kappa shape index (κ3) is 2.72. The minimum absolute atomic E-state index is 0.468. The van der Waals surface area contributed by atoms with E-state index in [2.05, 4.69) is 4.98 Å². The van der Waals surface area contributed by atoms with E-state index in [0.717, 1.165) is 6.08 Å². The van der Waals surface area contributed by atoms with Crippen molar-refractivity contribution in [3.8, 4) is 0 Å². The van der Waals surface area contributed by atoms with E-state index in [9.17, 15) is 9.90 Å². The number of pyridine rings is 1. The third-order valence-corrected chi connectivity index (χ3v) is 1.34. The molecule has 4 heteroatoms. The van der Waals surface area contributed by atoms with E-state index in [1.54, 1.807) is 6.07 Å².